The maximum atomic E-state index is 13.8. The molecule has 2 aromatic carbocycles. The van der Waals surface area contributed by atoms with Crippen molar-refractivity contribution in [3.05, 3.63) is 58.6 Å². The maximum Gasteiger partial charge on any atom is 0.460 e. The van der Waals surface area contributed by atoms with Gasteiger partial charge in [-0.1, -0.05) is 52.3 Å². The van der Waals surface area contributed by atoms with E-state index < -0.39 is 29.5 Å². The van der Waals surface area contributed by atoms with Crippen LogP contribution in [-0.2, 0) is 5.92 Å². The molecule has 0 fully saturated rings. The molecule has 0 unspecified atom stereocenters. The first kappa shape index (κ1) is 20.6. The summed E-state index contributed by atoms with van der Waals surface area (Å²) in [6.45, 7) is 0. The number of hydrogen-bond donors (Lipinski definition) is 0. The van der Waals surface area contributed by atoms with E-state index in [-0.39, 0.29) is 5.56 Å². The fourth-order valence-electron chi connectivity index (χ4n) is 2.07. The second-order valence-corrected chi connectivity index (χ2v) is 6.22. The van der Waals surface area contributed by atoms with Crippen molar-refractivity contribution in [2.24, 2.45) is 0 Å². The van der Waals surface area contributed by atoms with Gasteiger partial charge in [0.2, 0.25) is 0 Å². The van der Waals surface area contributed by atoms with Crippen LogP contribution in [0.4, 0.5) is 39.5 Å². The third-order valence-electron chi connectivity index (χ3n) is 3.57. The molecule has 0 bridgehead atoms. The van der Waals surface area contributed by atoms with Crippen LogP contribution in [-0.4, -0.2) is 18.0 Å². The molecule has 0 atom stereocenters. The minimum Gasteiger partial charge on any atom is -0.194 e. The van der Waals surface area contributed by atoms with Gasteiger partial charge in [-0.05, 0) is 23.3 Å². The number of rotatable bonds is 4. The highest BCUT2D eigenvalue weighted by Gasteiger charge is 2.81. The van der Waals surface area contributed by atoms with Gasteiger partial charge in [-0.3, -0.25) is 0 Å². The predicted octanol–water partition coefficient (Wildman–Crippen LogP) is 7.04. The summed E-state index contributed by atoms with van der Waals surface area (Å²) in [6.07, 6.45) is -6.84. The molecule has 0 saturated carbocycles. The molecule has 0 saturated heterocycles. The van der Waals surface area contributed by atoms with Gasteiger partial charge in [-0.15, -0.1) is 0 Å². The van der Waals surface area contributed by atoms with Crippen molar-refractivity contribution in [3.8, 4) is 11.1 Å². The van der Waals surface area contributed by atoms with E-state index in [0.29, 0.717) is 22.2 Å². The van der Waals surface area contributed by atoms with Crippen molar-refractivity contribution < 1.29 is 39.5 Å². The van der Waals surface area contributed by atoms with E-state index in [4.69, 9.17) is 0 Å². The Morgan fingerprint density at radius 3 is 1.31 bits per heavy atom. The summed E-state index contributed by atoms with van der Waals surface area (Å²) < 4.78 is 117. The molecular formula is C16H8BrF9. The minimum absolute atomic E-state index is 0.281. The lowest BCUT2D eigenvalue weighted by Gasteiger charge is -2.33. The lowest BCUT2D eigenvalue weighted by atomic mass is 9.95. The molecule has 10 heteroatoms. The molecular weight excluding hydrogens is 443 g/mol. The number of halogens is 10. The third-order valence-corrected chi connectivity index (χ3v) is 4.10. The predicted molar refractivity (Wildman–Crippen MR) is 79.4 cm³/mol. The van der Waals surface area contributed by atoms with Crippen LogP contribution in [0.2, 0.25) is 0 Å². The van der Waals surface area contributed by atoms with E-state index in [9.17, 15) is 39.5 Å². The molecule has 26 heavy (non-hydrogen) atoms. The van der Waals surface area contributed by atoms with Gasteiger partial charge in [-0.25, -0.2) is 0 Å². The Bertz CT molecular complexity index is 762. The first-order chi connectivity index (χ1) is 11.7. The molecule has 0 heterocycles. The standard InChI is InChI=1S/C16H8BrF9/c17-12-7-3-10(4-8-12)9-1-5-11(6-2-9)13(18,19)14(20,21)15(22,23)16(24,25)26/h1-8H. The molecule has 0 radical (unpaired) electrons. The fourth-order valence-corrected chi connectivity index (χ4v) is 2.34. The molecule has 0 amide bonds. The normalized spacial score (nSPS) is 13.8. The monoisotopic (exact) mass is 450 g/mol. The molecule has 142 valence electrons. The Kier molecular flexibility index (Phi) is 5.13. The van der Waals surface area contributed by atoms with Crippen LogP contribution in [0.25, 0.3) is 11.1 Å². The van der Waals surface area contributed by atoms with Gasteiger partial charge < -0.3 is 0 Å². The molecule has 2 aromatic rings. The molecule has 0 N–H and O–H groups in total. The van der Waals surface area contributed by atoms with Gasteiger partial charge in [0.05, 0.1) is 0 Å². The number of benzene rings is 2. The van der Waals surface area contributed by atoms with Crippen molar-refractivity contribution in [3.63, 3.8) is 0 Å². The molecule has 0 aliphatic heterocycles. The van der Waals surface area contributed by atoms with Crippen molar-refractivity contribution in [1.82, 2.24) is 0 Å². The van der Waals surface area contributed by atoms with E-state index in [2.05, 4.69) is 15.9 Å². The second kappa shape index (κ2) is 6.47. The van der Waals surface area contributed by atoms with Gasteiger partial charge in [0, 0.05) is 10.0 Å². The van der Waals surface area contributed by atoms with Crippen LogP contribution in [0, 0.1) is 0 Å². The lowest BCUT2D eigenvalue weighted by molar-refractivity contribution is -0.399. The molecule has 2 rings (SSSR count). The number of hydrogen-bond acceptors (Lipinski definition) is 0. The van der Waals surface area contributed by atoms with Gasteiger partial charge >= 0.3 is 23.9 Å². The minimum atomic E-state index is -6.91. The summed E-state index contributed by atoms with van der Waals surface area (Å²) in [6, 6.07) is 8.96. The van der Waals surface area contributed by atoms with Crippen molar-refractivity contribution in [2.75, 3.05) is 0 Å². The highest BCUT2D eigenvalue weighted by atomic mass is 79.9. The zero-order valence-electron chi connectivity index (χ0n) is 12.4. The quantitative estimate of drug-likeness (QED) is 0.438. The SMILES string of the molecule is FC(F)(F)C(F)(F)C(F)(F)C(F)(F)c1ccc(-c2ccc(Br)cc2)cc1. The Morgan fingerprint density at radius 1 is 0.538 bits per heavy atom. The first-order valence-corrected chi connectivity index (χ1v) is 7.58. The molecule has 0 aromatic heterocycles. The Labute approximate surface area is 149 Å². The largest absolute Gasteiger partial charge is 0.460 e. The van der Waals surface area contributed by atoms with Gasteiger partial charge in [0.1, 0.15) is 0 Å². The van der Waals surface area contributed by atoms with Gasteiger partial charge in [-0.2, -0.15) is 39.5 Å². The highest BCUT2D eigenvalue weighted by molar-refractivity contribution is 9.10. The smallest absolute Gasteiger partial charge is 0.194 e. The van der Waals surface area contributed by atoms with Gasteiger partial charge in [0.25, 0.3) is 0 Å². The molecule has 0 aliphatic rings. The summed E-state index contributed by atoms with van der Waals surface area (Å²) in [5.74, 6) is -19.3. The maximum absolute atomic E-state index is 13.8. The van der Waals surface area contributed by atoms with E-state index >= 15 is 0 Å². The van der Waals surface area contributed by atoms with Crippen molar-refractivity contribution in [2.45, 2.75) is 23.9 Å². The Hall–Kier alpha value is -1.71. The summed E-state index contributed by atoms with van der Waals surface area (Å²) in [5.41, 5.74) is -0.884. The average molecular weight is 451 g/mol. The van der Waals surface area contributed by atoms with Crippen molar-refractivity contribution in [1.29, 1.82) is 0 Å². The Balaban J connectivity index is 2.41. The van der Waals surface area contributed by atoms with E-state index in [1.54, 1.807) is 24.3 Å². The Morgan fingerprint density at radius 2 is 0.923 bits per heavy atom. The summed E-state index contributed by atoms with van der Waals surface area (Å²) in [7, 11) is 0. The lowest BCUT2D eigenvalue weighted by Crippen LogP contribution is -2.59. The zero-order chi connectivity index (χ0) is 20.0. The highest BCUT2D eigenvalue weighted by Crippen LogP contribution is 2.56. The van der Waals surface area contributed by atoms with E-state index in [1.165, 1.54) is 0 Å². The van der Waals surface area contributed by atoms with E-state index in [1.807, 2.05) is 0 Å². The van der Waals surface area contributed by atoms with Crippen molar-refractivity contribution >= 4 is 15.9 Å². The second-order valence-electron chi connectivity index (χ2n) is 5.31. The van der Waals surface area contributed by atoms with Gasteiger partial charge in [0.15, 0.2) is 0 Å². The van der Waals surface area contributed by atoms with Crippen LogP contribution < -0.4 is 0 Å². The van der Waals surface area contributed by atoms with Crippen LogP contribution in [0.1, 0.15) is 5.56 Å². The topological polar surface area (TPSA) is 0 Å². The third kappa shape index (κ3) is 3.30. The van der Waals surface area contributed by atoms with Crippen LogP contribution in [0.15, 0.2) is 53.0 Å². The molecule has 0 aliphatic carbocycles. The van der Waals surface area contributed by atoms with Crippen LogP contribution >= 0.6 is 15.9 Å². The summed E-state index contributed by atoms with van der Waals surface area (Å²) >= 11 is 3.17. The molecule has 0 spiro atoms. The molecule has 0 nitrogen and oxygen atoms in total. The first-order valence-electron chi connectivity index (χ1n) is 6.78. The van der Waals surface area contributed by atoms with Crippen LogP contribution in [0.3, 0.4) is 0 Å². The summed E-state index contributed by atoms with van der Waals surface area (Å²) in [4.78, 5) is 0. The summed E-state index contributed by atoms with van der Waals surface area (Å²) in [5, 5.41) is 0. The average Bonchev–Trinajstić information content (AvgIpc) is 2.54. The van der Waals surface area contributed by atoms with E-state index in [0.717, 1.165) is 12.1 Å². The van der Waals surface area contributed by atoms with Crippen LogP contribution in [0.5, 0.6) is 0 Å². The number of alkyl halides is 9. The zero-order valence-corrected chi connectivity index (χ0v) is 14.0. The fraction of sp³-hybridized carbons (Fsp3) is 0.250.